The van der Waals surface area contributed by atoms with Crippen LogP contribution in [-0.2, 0) is 16.2 Å². The third-order valence-electron chi connectivity index (χ3n) is 3.14. The van der Waals surface area contributed by atoms with Gasteiger partial charge in [-0.1, -0.05) is 23.7 Å². The summed E-state index contributed by atoms with van der Waals surface area (Å²) in [5.41, 5.74) is 1.06. The molecule has 6 nitrogen and oxygen atoms in total. The number of carbonyl (C=O) groups is 2. The topological polar surface area (TPSA) is 76.1 Å². The predicted molar refractivity (Wildman–Crippen MR) is 87.9 cm³/mol. The van der Waals surface area contributed by atoms with E-state index >= 15 is 0 Å². The zero-order valence-corrected chi connectivity index (χ0v) is 13.7. The summed E-state index contributed by atoms with van der Waals surface area (Å²) < 4.78 is 5.03. The molecular formula is C17H16ClNO5. The Balaban J connectivity index is 2.09. The van der Waals surface area contributed by atoms with Crippen molar-refractivity contribution in [2.75, 3.05) is 13.7 Å². The highest BCUT2D eigenvalue weighted by molar-refractivity contribution is 6.30. The first kappa shape index (κ1) is 17.8. The number of rotatable bonds is 7. The number of amides is 1. The Labute approximate surface area is 144 Å². The van der Waals surface area contributed by atoms with Gasteiger partial charge in [-0.05, 0) is 42.0 Å². The number of carbonyl (C=O) groups excluding carboxylic acids is 1. The van der Waals surface area contributed by atoms with Crippen LogP contribution < -0.4 is 4.74 Å². The molecule has 0 saturated heterocycles. The number of ether oxygens (including phenoxy) is 1. The molecule has 7 heteroatoms. The summed E-state index contributed by atoms with van der Waals surface area (Å²) in [5.74, 6) is -1.12. The molecule has 0 atom stereocenters. The first-order valence-corrected chi connectivity index (χ1v) is 7.42. The van der Waals surface area contributed by atoms with Gasteiger partial charge in [0.05, 0.1) is 7.11 Å². The maximum absolute atomic E-state index is 12.4. The molecule has 0 aliphatic rings. The van der Waals surface area contributed by atoms with Gasteiger partial charge in [-0.2, -0.15) is 0 Å². The van der Waals surface area contributed by atoms with Crippen molar-refractivity contribution in [1.29, 1.82) is 0 Å². The van der Waals surface area contributed by atoms with Crippen molar-refractivity contribution in [2.45, 2.75) is 6.61 Å². The molecule has 1 N–H and O–H groups in total. The number of aliphatic carboxylic acids is 1. The first-order chi connectivity index (χ1) is 11.5. The van der Waals surface area contributed by atoms with E-state index in [4.69, 9.17) is 26.3 Å². The zero-order valence-electron chi connectivity index (χ0n) is 12.9. The number of hydrogen-bond acceptors (Lipinski definition) is 4. The van der Waals surface area contributed by atoms with E-state index < -0.39 is 18.4 Å². The van der Waals surface area contributed by atoms with Gasteiger partial charge >= 0.3 is 5.97 Å². The molecule has 0 bridgehead atoms. The summed E-state index contributed by atoms with van der Waals surface area (Å²) in [5, 5.41) is 10.4. The monoisotopic (exact) mass is 349 g/mol. The van der Waals surface area contributed by atoms with E-state index in [1.165, 1.54) is 7.11 Å². The van der Waals surface area contributed by atoms with E-state index in [1.54, 1.807) is 48.5 Å². The van der Waals surface area contributed by atoms with Crippen LogP contribution in [0, 0.1) is 0 Å². The molecule has 0 fully saturated rings. The molecule has 0 saturated carbocycles. The third-order valence-corrected chi connectivity index (χ3v) is 3.39. The molecule has 0 aromatic heterocycles. The number of carboxylic acid groups (broad SMARTS) is 1. The zero-order chi connectivity index (χ0) is 17.5. The standard InChI is InChI=1S/C17H16ClNO5/c1-23-15-8-4-13(5-9-15)17(22)19(10-16(20)21)24-11-12-2-6-14(18)7-3-12/h2-9H,10-11H2,1H3,(H,20,21). The fraction of sp³-hybridized carbons (Fsp3) is 0.176. The van der Waals surface area contributed by atoms with Gasteiger partial charge in [0.25, 0.3) is 5.91 Å². The quantitative estimate of drug-likeness (QED) is 0.778. The van der Waals surface area contributed by atoms with E-state index in [0.717, 1.165) is 10.6 Å². The Morgan fingerprint density at radius 1 is 1.08 bits per heavy atom. The molecule has 2 aromatic rings. The second-order valence-electron chi connectivity index (χ2n) is 4.86. The molecule has 0 radical (unpaired) electrons. The van der Waals surface area contributed by atoms with Crippen molar-refractivity contribution in [3.63, 3.8) is 0 Å². The van der Waals surface area contributed by atoms with E-state index in [0.29, 0.717) is 16.3 Å². The molecule has 0 unspecified atom stereocenters. The first-order valence-electron chi connectivity index (χ1n) is 7.04. The molecule has 126 valence electrons. The molecule has 24 heavy (non-hydrogen) atoms. The molecule has 2 aromatic carbocycles. The van der Waals surface area contributed by atoms with Crippen molar-refractivity contribution in [1.82, 2.24) is 5.06 Å². The van der Waals surface area contributed by atoms with Crippen molar-refractivity contribution >= 4 is 23.5 Å². The average Bonchev–Trinajstić information content (AvgIpc) is 2.59. The average molecular weight is 350 g/mol. The summed E-state index contributed by atoms with van der Waals surface area (Å²) >= 11 is 5.81. The number of methoxy groups -OCH3 is 1. The highest BCUT2D eigenvalue weighted by Gasteiger charge is 2.20. The Kier molecular flexibility index (Phi) is 6.17. The molecule has 0 aliphatic carbocycles. The largest absolute Gasteiger partial charge is 0.497 e. The van der Waals surface area contributed by atoms with Gasteiger partial charge in [-0.3, -0.25) is 14.4 Å². The summed E-state index contributed by atoms with van der Waals surface area (Å²) in [6.07, 6.45) is 0. The Morgan fingerprint density at radius 3 is 2.25 bits per heavy atom. The summed E-state index contributed by atoms with van der Waals surface area (Å²) in [4.78, 5) is 28.8. The number of halogens is 1. The normalized spacial score (nSPS) is 10.2. The Morgan fingerprint density at radius 2 is 1.71 bits per heavy atom. The molecule has 0 aliphatic heterocycles. The molecule has 2 rings (SSSR count). The Bertz CT molecular complexity index is 700. The second-order valence-corrected chi connectivity index (χ2v) is 5.30. The SMILES string of the molecule is COc1ccc(C(=O)N(CC(=O)O)OCc2ccc(Cl)cc2)cc1. The van der Waals surface area contributed by atoms with E-state index in [-0.39, 0.29) is 6.61 Å². The maximum atomic E-state index is 12.4. The fourth-order valence-electron chi connectivity index (χ4n) is 1.91. The number of benzene rings is 2. The van der Waals surface area contributed by atoms with Crippen molar-refractivity contribution < 1.29 is 24.3 Å². The van der Waals surface area contributed by atoms with Gasteiger partial charge in [0.1, 0.15) is 18.9 Å². The van der Waals surface area contributed by atoms with E-state index in [9.17, 15) is 9.59 Å². The van der Waals surface area contributed by atoms with Crippen LogP contribution in [-0.4, -0.2) is 35.7 Å². The van der Waals surface area contributed by atoms with Crippen molar-refractivity contribution in [3.05, 3.63) is 64.7 Å². The maximum Gasteiger partial charge on any atom is 0.325 e. The highest BCUT2D eigenvalue weighted by atomic mass is 35.5. The van der Waals surface area contributed by atoms with Crippen LogP contribution in [0.2, 0.25) is 5.02 Å². The summed E-state index contributed by atoms with van der Waals surface area (Å²) in [6, 6.07) is 13.2. The van der Waals surface area contributed by atoms with Crippen LogP contribution >= 0.6 is 11.6 Å². The van der Waals surface area contributed by atoms with Gasteiger partial charge < -0.3 is 9.84 Å². The lowest BCUT2D eigenvalue weighted by atomic mass is 10.2. The lowest BCUT2D eigenvalue weighted by molar-refractivity contribution is -0.162. The van der Waals surface area contributed by atoms with Gasteiger partial charge in [-0.15, -0.1) is 0 Å². The van der Waals surface area contributed by atoms with Gasteiger partial charge in [0.2, 0.25) is 0 Å². The number of nitrogens with zero attached hydrogens (tertiary/aromatic N) is 1. The van der Waals surface area contributed by atoms with E-state index in [1.807, 2.05) is 0 Å². The van der Waals surface area contributed by atoms with Crippen LogP contribution in [0.15, 0.2) is 48.5 Å². The molecular weight excluding hydrogens is 334 g/mol. The summed E-state index contributed by atoms with van der Waals surface area (Å²) in [7, 11) is 1.52. The van der Waals surface area contributed by atoms with E-state index in [2.05, 4.69) is 0 Å². The molecule has 0 spiro atoms. The lowest BCUT2D eigenvalue weighted by Gasteiger charge is -2.20. The van der Waals surface area contributed by atoms with Crippen LogP contribution in [0.1, 0.15) is 15.9 Å². The van der Waals surface area contributed by atoms with Crippen LogP contribution in [0.4, 0.5) is 0 Å². The highest BCUT2D eigenvalue weighted by Crippen LogP contribution is 2.15. The van der Waals surface area contributed by atoms with Crippen molar-refractivity contribution in [3.8, 4) is 5.75 Å². The minimum Gasteiger partial charge on any atom is -0.497 e. The lowest BCUT2D eigenvalue weighted by Crippen LogP contribution is -2.35. The van der Waals surface area contributed by atoms with Crippen molar-refractivity contribution in [2.24, 2.45) is 0 Å². The van der Waals surface area contributed by atoms with Crippen LogP contribution in [0.25, 0.3) is 0 Å². The van der Waals surface area contributed by atoms with Gasteiger partial charge in [0, 0.05) is 10.6 Å². The van der Waals surface area contributed by atoms with Crippen LogP contribution in [0.3, 0.4) is 0 Å². The minimum absolute atomic E-state index is 0.0480. The second kappa shape index (κ2) is 8.33. The Hall–Kier alpha value is -2.57. The van der Waals surface area contributed by atoms with Gasteiger partial charge in [0.15, 0.2) is 0 Å². The third kappa shape index (κ3) is 4.97. The predicted octanol–water partition coefficient (Wildman–Crippen LogP) is 3.01. The molecule has 1 amide bonds. The smallest absolute Gasteiger partial charge is 0.325 e. The minimum atomic E-state index is -1.17. The van der Waals surface area contributed by atoms with Gasteiger partial charge in [-0.25, -0.2) is 5.06 Å². The van der Waals surface area contributed by atoms with Crippen LogP contribution in [0.5, 0.6) is 5.75 Å². The fourth-order valence-corrected chi connectivity index (χ4v) is 2.04. The molecule has 0 heterocycles. The number of carboxylic acids is 1. The number of hydrogen-bond donors (Lipinski definition) is 1. The number of hydroxylamine groups is 2. The summed E-state index contributed by atoms with van der Waals surface area (Å²) in [6.45, 7) is -0.523.